The second-order valence-electron chi connectivity index (χ2n) is 7.22. The van der Waals surface area contributed by atoms with Crippen molar-refractivity contribution in [2.24, 2.45) is 4.99 Å². The molecule has 1 aromatic carbocycles. The minimum absolute atomic E-state index is 0. The second-order valence-corrected chi connectivity index (χ2v) is 7.22. The fourth-order valence-electron chi connectivity index (χ4n) is 3.35. The Bertz CT molecular complexity index is 626. The zero-order chi connectivity index (χ0) is 21.6. The molecular weight excluding hydrogens is 511 g/mol. The van der Waals surface area contributed by atoms with Gasteiger partial charge in [-0.3, -0.25) is 4.99 Å². The first kappa shape index (κ1) is 27.6. The highest BCUT2D eigenvalue weighted by molar-refractivity contribution is 14.0. The van der Waals surface area contributed by atoms with Gasteiger partial charge in [0.15, 0.2) is 5.96 Å². The lowest BCUT2D eigenvalue weighted by molar-refractivity contribution is 0.0690. The van der Waals surface area contributed by atoms with Gasteiger partial charge in [0.25, 0.3) is 0 Å². The number of anilines is 1. The quantitative estimate of drug-likeness (QED) is 0.169. The van der Waals surface area contributed by atoms with Crippen molar-refractivity contribution in [2.75, 3.05) is 72.2 Å². The summed E-state index contributed by atoms with van der Waals surface area (Å²) in [4.78, 5) is 7.07. The van der Waals surface area contributed by atoms with Crippen molar-refractivity contribution in [2.45, 2.75) is 32.2 Å². The van der Waals surface area contributed by atoms with Crippen LogP contribution in [0.3, 0.4) is 0 Å². The van der Waals surface area contributed by atoms with E-state index in [9.17, 15) is 0 Å². The average Bonchev–Trinajstić information content (AvgIpc) is 3.23. The molecule has 0 bridgehead atoms. The molecule has 1 heterocycles. The van der Waals surface area contributed by atoms with E-state index in [-0.39, 0.29) is 24.0 Å². The highest BCUT2D eigenvalue weighted by Gasteiger charge is 2.24. The van der Waals surface area contributed by atoms with Gasteiger partial charge in [0.05, 0.1) is 27.4 Å². The number of halogens is 1. The largest absolute Gasteiger partial charge is 0.497 e. The monoisotopic (exact) mass is 550 g/mol. The molecule has 0 radical (unpaired) electrons. The lowest BCUT2D eigenvalue weighted by Gasteiger charge is -2.21. The summed E-state index contributed by atoms with van der Waals surface area (Å²) >= 11 is 0. The lowest BCUT2D eigenvalue weighted by atomic mass is 10.2. The zero-order valence-corrected chi connectivity index (χ0v) is 21.6. The molecule has 0 amide bonds. The fraction of sp³-hybridized carbons (Fsp3) is 0.682. The number of nitrogens with zero attached hydrogens (tertiary/aromatic N) is 2. The number of ether oxygens (including phenoxy) is 4. The van der Waals surface area contributed by atoms with Crippen molar-refractivity contribution >= 4 is 35.6 Å². The lowest BCUT2D eigenvalue weighted by Crippen LogP contribution is -2.44. The molecule has 0 spiro atoms. The van der Waals surface area contributed by atoms with Gasteiger partial charge in [-0.1, -0.05) is 0 Å². The minimum Gasteiger partial charge on any atom is -0.497 e. The van der Waals surface area contributed by atoms with E-state index in [0.29, 0.717) is 19.3 Å². The van der Waals surface area contributed by atoms with Crippen LogP contribution < -0.4 is 25.0 Å². The van der Waals surface area contributed by atoms with Gasteiger partial charge >= 0.3 is 0 Å². The van der Waals surface area contributed by atoms with E-state index in [1.165, 1.54) is 0 Å². The molecule has 1 aliphatic heterocycles. The highest BCUT2D eigenvalue weighted by Crippen LogP contribution is 2.30. The number of hydrogen-bond acceptors (Lipinski definition) is 6. The van der Waals surface area contributed by atoms with Crippen LogP contribution in [0.15, 0.2) is 23.2 Å². The maximum Gasteiger partial charge on any atom is 0.191 e. The van der Waals surface area contributed by atoms with Crippen LogP contribution in [0.2, 0.25) is 0 Å². The molecule has 0 aromatic heterocycles. The van der Waals surface area contributed by atoms with Crippen molar-refractivity contribution in [1.29, 1.82) is 0 Å². The van der Waals surface area contributed by atoms with Crippen molar-refractivity contribution in [3.05, 3.63) is 18.2 Å². The molecule has 1 aromatic rings. The van der Waals surface area contributed by atoms with Crippen LogP contribution in [0.4, 0.5) is 5.69 Å². The fourth-order valence-corrected chi connectivity index (χ4v) is 3.35. The van der Waals surface area contributed by atoms with Gasteiger partial charge in [0.1, 0.15) is 11.5 Å². The Morgan fingerprint density at radius 1 is 1.06 bits per heavy atom. The molecule has 1 atom stereocenters. The number of hydrogen-bond donors (Lipinski definition) is 2. The Morgan fingerprint density at radius 2 is 1.81 bits per heavy atom. The summed E-state index contributed by atoms with van der Waals surface area (Å²) in [5.74, 6) is 2.50. The Morgan fingerprint density at radius 3 is 2.45 bits per heavy atom. The van der Waals surface area contributed by atoms with E-state index in [0.717, 1.165) is 75.2 Å². The number of benzene rings is 1. The smallest absolute Gasteiger partial charge is 0.191 e. The molecule has 1 saturated heterocycles. The molecule has 8 nitrogen and oxygen atoms in total. The van der Waals surface area contributed by atoms with Crippen molar-refractivity contribution in [3.63, 3.8) is 0 Å². The van der Waals surface area contributed by atoms with Gasteiger partial charge in [-0.25, -0.2) is 0 Å². The van der Waals surface area contributed by atoms with Gasteiger partial charge in [-0.2, -0.15) is 0 Å². The standard InChI is InChI=1S/C22H38N4O4.HI/c1-5-23-22(24-9-6-7-11-30-13-12-27-2)25-18-8-10-26(17-18)19-14-20(28-3)16-21(15-19)29-4;/h14-16,18H,5-13,17H2,1-4H3,(H2,23,24,25);1H. The Balaban J connectivity index is 0.00000480. The molecular formula is C22H39IN4O4. The third-order valence-electron chi connectivity index (χ3n) is 4.97. The van der Waals surface area contributed by atoms with Crippen LogP contribution >= 0.6 is 24.0 Å². The van der Waals surface area contributed by atoms with Crippen molar-refractivity contribution < 1.29 is 18.9 Å². The van der Waals surface area contributed by atoms with Crippen LogP contribution in [0.5, 0.6) is 11.5 Å². The zero-order valence-electron chi connectivity index (χ0n) is 19.3. The number of methoxy groups -OCH3 is 3. The van der Waals surface area contributed by atoms with Crippen LogP contribution in [0.1, 0.15) is 26.2 Å². The summed E-state index contributed by atoms with van der Waals surface area (Å²) in [6.07, 6.45) is 3.06. The third-order valence-corrected chi connectivity index (χ3v) is 4.97. The van der Waals surface area contributed by atoms with Crippen molar-refractivity contribution in [1.82, 2.24) is 10.6 Å². The van der Waals surface area contributed by atoms with Crippen LogP contribution in [0, 0.1) is 0 Å². The highest BCUT2D eigenvalue weighted by atomic mass is 127. The van der Waals surface area contributed by atoms with E-state index in [4.69, 9.17) is 23.9 Å². The number of aliphatic imine (C=N–C) groups is 1. The van der Waals surface area contributed by atoms with Crippen LogP contribution in [0.25, 0.3) is 0 Å². The molecule has 1 unspecified atom stereocenters. The predicted molar refractivity (Wildman–Crippen MR) is 137 cm³/mol. The average molecular weight is 550 g/mol. The first-order valence-electron chi connectivity index (χ1n) is 10.8. The van der Waals surface area contributed by atoms with E-state index >= 15 is 0 Å². The van der Waals surface area contributed by atoms with Gasteiger partial charge < -0.3 is 34.5 Å². The van der Waals surface area contributed by atoms with E-state index in [1.807, 2.05) is 6.07 Å². The summed E-state index contributed by atoms with van der Waals surface area (Å²) < 4.78 is 21.3. The Kier molecular flexibility index (Phi) is 14.4. The number of unbranched alkanes of at least 4 members (excludes halogenated alkanes) is 1. The van der Waals surface area contributed by atoms with Crippen LogP contribution in [-0.4, -0.2) is 79.3 Å². The topological polar surface area (TPSA) is 76.6 Å². The van der Waals surface area contributed by atoms with Gasteiger partial charge in [0.2, 0.25) is 0 Å². The SMILES string of the molecule is CCNC(=NCCCCOCCOC)NC1CCN(c2cc(OC)cc(OC)c2)C1.I. The molecule has 1 aliphatic rings. The number of guanidine groups is 1. The summed E-state index contributed by atoms with van der Waals surface area (Å²) in [5.41, 5.74) is 1.12. The molecule has 31 heavy (non-hydrogen) atoms. The van der Waals surface area contributed by atoms with E-state index < -0.39 is 0 Å². The first-order chi connectivity index (χ1) is 14.7. The molecule has 0 saturated carbocycles. The Hall–Kier alpha value is -1.46. The molecule has 2 rings (SSSR count). The summed E-state index contributed by atoms with van der Waals surface area (Å²) in [6, 6.07) is 6.35. The number of nitrogens with one attached hydrogen (secondary N) is 2. The molecule has 0 aliphatic carbocycles. The minimum atomic E-state index is 0. The molecule has 2 N–H and O–H groups in total. The van der Waals surface area contributed by atoms with E-state index in [1.54, 1.807) is 21.3 Å². The van der Waals surface area contributed by atoms with Gasteiger partial charge in [-0.05, 0) is 26.2 Å². The number of rotatable bonds is 13. The predicted octanol–water partition coefficient (Wildman–Crippen LogP) is 2.90. The first-order valence-corrected chi connectivity index (χ1v) is 10.8. The molecule has 1 fully saturated rings. The normalized spacial score (nSPS) is 16.1. The third kappa shape index (κ3) is 10.1. The summed E-state index contributed by atoms with van der Waals surface area (Å²) in [5, 5.41) is 6.93. The van der Waals surface area contributed by atoms with Crippen LogP contribution in [-0.2, 0) is 9.47 Å². The molecule has 9 heteroatoms. The van der Waals surface area contributed by atoms with Crippen molar-refractivity contribution in [3.8, 4) is 11.5 Å². The van der Waals surface area contributed by atoms with E-state index in [2.05, 4.69) is 34.6 Å². The summed E-state index contributed by atoms with van der Waals surface area (Å²) in [7, 11) is 5.04. The maximum absolute atomic E-state index is 5.49. The summed E-state index contributed by atoms with van der Waals surface area (Å²) in [6.45, 7) is 7.66. The second kappa shape index (κ2) is 16.2. The van der Waals surface area contributed by atoms with Gasteiger partial charge in [-0.15, -0.1) is 24.0 Å². The Labute approximate surface area is 204 Å². The molecule has 178 valence electrons. The van der Waals surface area contributed by atoms with Gasteiger partial charge in [0, 0.05) is 69.8 Å². The maximum atomic E-state index is 5.49.